The van der Waals surface area contributed by atoms with Crippen LogP contribution < -0.4 is 39.1 Å². The molecule has 0 radical (unpaired) electrons. The topological polar surface area (TPSA) is 253 Å². The van der Waals surface area contributed by atoms with E-state index in [0.29, 0.717) is 13.8 Å². The molecule has 0 aliphatic heterocycles. The summed E-state index contributed by atoms with van der Waals surface area (Å²) >= 11 is 0. The molecule has 0 aliphatic rings. The SMILES string of the molecule is CC(P(=O)([O-])[O-])P(=O)([O-])[O-].CC(P(=O)([O-])[O-])P(=O)([O-])[O-].[Ca+2]. The number of hydrogen-bond donors (Lipinski definition) is 0. The van der Waals surface area contributed by atoms with E-state index < -0.39 is 41.2 Å². The third-order valence-electron chi connectivity index (χ3n) is 1.83. The van der Waals surface area contributed by atoms with Crippen LogP contribution in [0.4, 0.5) is 0 Å². The zero-order valence-electron chi connectivity index (χ0n) is 10.5. The molecule has 124 valence electrons. The van der Waals surface area contributed by atoms with E-state index in [1.807, 2.05) is 0 Å². The zero-order chi connectivity index (χ0) is 17.2. The van der Waals surface area contributed by atoms with Crippen LogP contribution in [-0.4, -0.2) is 48.5 Å². The normalized spacial score (nSPS) is 13.5. The quantitative estimate of drug-likeness (QED) is 0.309. The van der Waals surface area contributed by atoms with Gasteiger partial charge in [-0.2, -0.15) is 0 Å². The van der Waals surface area contributed by atoms with E-state index in [2.05, 4.69) is 0 Å². The van der Waals surface area contributed by atoms with Gasteiger partial charge in [0.25, 0.3) is 0 Å². The van der Waals surface area contributed by atoms with Gasteiger partial charge in [-0.25, -0.2) is 0 Å². The van der Waals surface area contributed by atoms with Crippen LogP contribution in [0.1, 0.15) is 13.8 Å². The van der Waals surface area contributed by atoms with E-state index in [9.17, 15) is 57.4 Å². The van der Waals surface area contributed by atoms with Crippen LogP contribution in [-0.2, 0) is 18.3 Å². The summed E-state index contributed by atoms with van der Waals surface area (Å²) < 4.78 is 39.5. The molecule has 0 fully saturated rings. The van der Waals surface area contributed by atoms with Gasteiger partial charge in [0.15, 0.2) is 0 Å². The van der Waals surface area contributed by atoms with Gasteiger partial charge in [0.1, 0.15) is 0 Å². The van der Waals surface area contributed by atoms with Crippen LogP contribution in [0.3, 0.4) is 0 Å². The fourth-order valence-electron chi connectivity index (χ4n) is 0.346. The van der Waals surface area contributed by atoms with E-state index >= 15 is 0 Å². The molecule has 0 atom stereocenters. The molecule has 0 saturated carbocycles. The summed E-state index contributed by atoms with van der Waals surface area (Å²) in [6.45, 7) is 1.11. The van der Waals surface area contributed by atoms with Crippen molar-refractivity contribution in [1.82, 2.24) is 0 Å². The van der Waals surface area contributed by atoms with Gasteiger partial charge >= 0.3 is 37.7 Å². The van der Waals surface area contributed by atoms with Crippen molar-refractivity contribution in [2.75, 3.05) is 0 Å². The molecular formula is C4H8CaO12P4-6. The summed E-state index contributed by atoms with van der Waals surface area (Å²) in [5.74, 6) is 0. The predicted octanol–water partition coefficient (Wildman–Crippen LogP) is -6.06. The van der Waals surface area contributed by atoms with E-state index in [4.69, 9.17) is 0 Å². The molecule has 0 bridgehead atoms. The largest absolute Gasteiger partial charge is 2.00 e. The molecule has 0 aliphatic carbocycles. The standard InChI is InChI=1S/2C2H8O6P2.Ca/c2*1-2(9(3,4)5)10(6,7)8;/h2*2H,1H3,(H2,3,4,5)(H2,6,7,8);/q;;+2/p-8. The van der Waals surface area contributed by atoms with E-state index in [0.717, 1.165) is 0 Å². The summed E-state index contributed by atoms with van der Waals surface area (Å²) in [5.41, 5.74) is 0. The van der Waals surface area contributed by atoms with Crippen LogP contribution in [0.15, 0.2) is 0 Å². The molecule has 0 aromatic rings. The van der Waals surface area contributed by atoms with Crippen LogP contribution in [0.25, 0.3) is 0 Å². The molecule has 0 unspecified atom stereocenters. The zero-order valence-corrected chi connectivity index (χ0v) is 16.3. The minimum absolute atomic E-state index is 0. The van der Waals surface area contributed by atoms with Crippen molar-refractivity contribution in [3.63, 3.8) is 0 Å². The van der Waals surface area contributed by atoms with Crippen LogP contribution in [0.2, 0.25) is 0 Å². The Bertz CT molecular complexity index is 403. The van der Waals surface area contributed by atoms with Crippen molar-refractivity contribution in [3.05, 3.63) is 0 Å². The Kier molecular flexibility index (Phi) is 12.4. The Hall–Kier alpha value is 1.86. The first kappa shape index (κ1) is 27.7. The van der Waals surface area contributed by atoms with Gasteiger partial charge in [-0.15, -0.1) is 0 Å². The van der Waals surface area contributed by atoms with Crippen molar-refractivity contribution in [2.45, 2.75) is 24.6 Å². The predicted molar refractivity (Wildman–Crippen MR) is 55.1 cm³/mol. The van der Waals surface area contributed by atoms with Crippen molar-refractivity contribution in [2.24, 2.45) is 0 Å². The molecule has 12 nitrogen and oxygen atoms in total. The molecule has 21 heavy (non-hydrogen) atoms. The molecule has 0 spiro atoms. The first-order valence-electron chi connectivity index (χ1n) is 4.38. The summed E-state index contributed by atoms with van der Waals surface area (Å²) in [5, 5.41) is -4.69. The summed E-state index contributed by atoms with van der Waals surface area (Å²) in [6, 6.07) is 0. The fraction of sp³-hybridized carbons (Fsp3) is 1.00. The minimum Gasteiger partial charge on any atom is -0.810 e. The molecular weight excluding hydrogens is 404 g/mol. The molecule has 17 heteroatoms. The summed E-state index contributed by atoms with van der Waals surface area (Å²) in [6.07, 6.45) is 0. The Balaban J connectivity index is -0.000000295. The first-order chi connectivity index (χ1) is 8.31. The summed E-state index contributed by atoms with van der Waals surface area (Å²) in [4.78, 5) is 79.0. The molecule has 0 heterocycles. The van der Waals surface area contributed by atoms with E-state index in [-0.39, 0.29) is 37.7 Å². The van der Waals surface area contributed by atoms with Gasteiger partial charge in [0.05, 0.1) is 0 Å². The van der Waals surface area contributed by atoms with Gasteiger partial charge in [-0.1, -0.05) is 44.2 Å². The third kappa shape index (κ3) is 12.9. The average Bonchev–Trinajstić information content (AvgIpc) is 2.10. The van der Waals surface area contributed by atoms with Gasteiger partial charge < -0.3 is 57.4 Å². The molecule has 0 aromatic heterocycles. The van der Waals surface area contributed by atoms with Gasteiger partial charge in [-0.3, -0.25) is 0 Å². The second kappa shape index (κ2) is 9.37. The van der Waals surface area contributed by atoms with Crippen LogP contribution >= 0.6 is 30.4 Å². The second-order valence-electron chi connectivity index (χ2n) is 3.42. The fourth-order valence-corrected chi connectivity index (χ4v) is 3.12. The van der Waals surface area contributed by atoms with Crippen molar-refractivity contribution in [3.8, 4) is 0 Å². The molecule has 0 N–H and O–H groups in total. The molecule has 0 saturated heterocycles. The van der Waals surface area contributed by atoms with Crippen LogP contribution in [0.5, 0.6) is 0 Å². The van der Waals surface area contributed by atoms with Gasteiger partial charge in [0.2, 0.25) is 0 Å². The second-order valence-corrected chi connectivity index (χ2v) is 11.7. The van der Waals surface area contributed by atoms with Crippen molar-refractivity contribution >= 4 is 68.1 Å². The minimum atomic E-state index is -5.27. The Labute approximate surface area is 149 Å². The Morgan fingerprint density at radius 1 is 0.524 bits per heavy atom. The molecule has 0 amide bonds. The van der Waals surface area contributed by atoms with Crippen molar-refractivity contribution in [1.29, 1.82) is 0 Å². The van der Waals surface area contributed by atoms with Crippen LogP contribution in [0, 0.1) is 0 Å². The maximum Gasteiger partial charge on any atom is 2.00 e. The van der Waals surface area contributed by atoms with E-state index in [1.54, 1.807) is 0 Å². The Morgan fingerprint density at radius 3 is 0.619 bits per heavy atom. The monoisotopic (exact) mass is 412 g/mol. The Morgan fingerprint density at radius 2 is 0.619 bits per heavy atom. The van der Waals surface area contributed by atoms with Gasteiger partial charge in [-0.05, 0) is 0 Å². The molecule has 0 aromatic carbocycles. The number of hydrogen-bond acceptors (Lipinski definition) is 12. The van der Waals surface area contributed by atoms with E-state index in [1.165, 1.54) is 0 Å². The van der Waals surface area contributed by atoms with Crippen molar-refractivity contribution < 1.29 is 57.4 Å². The average molecular weight is 412 g/mol. The van der Waals surface area contributed by atoms with Gasteiger partial charge in [0, 0.05) is 10.8 Å². The summed E-state index contributed by atoms with van der Waals surface area (Å²) in [7, 11) is -21.1. The maximum atomic E-state index is 9.88. The smallest absolute Gasteiger partial charge is 0.810 e. The maximum absolute atomic E-state index is 9.88. The first-order valence-corrected chi connectivity index (χ1v) is 10.8. The molecule has 0 rings (SSSR count). The third-order valence-corrected chi connectivity index (χ3v) is 8.89. The number of rotatable bonds is 4.